The topological polar surface area (TPSA) is 70.0 Å². The van der Waals surface area contributed by atoms with Crippen LogP contribution in [0.1, 0.15) is 22.3 Å². The van der Waals surface area contributed by atoms with Crippen molar-refractivity contribution in [2.24, 2.45) is 0 Å². The maximum Gasteiger partial charge on any atom is 0.262 e. The van der Waals surface area contributed by atoms with E-state index in [1.165, 1.54) is 6.07 Å². The molecule has 0 amide bonds. The molecule has 0 spiro atoms. The summed E-state index contributed by atoms with van der Waals surface area (Å²) in [6.45, 7) is 5.52. The number of hydrogen-bond acceptors (Lipinski definition) is 3. The summed E-state index contributed by atoms with van der Waals surface area (Å²) in [6.07, 6.45) is 0. The summed E-state index contributed by atoms with van der Waals surface area (Å²) in [4.78, 5) is 0.126. The van der Waals surface area contributed by atoms with E-state index in [1.54, 1.807) is 31.2 Å². The molecular formula is C16H16N2O2S. The average molecular weight is 300 g/mol. The van der Waals surface area contributed by atoms with E-state index in [1.807, 2.05) is 26.0 Å². The third-order valence-electron chi connectivity index (χ3n) is 3.08. The number of nitrogens with one attached hydrogen (secondary N) is 1. The second-order valence-electron chi connectivity index (χ2n) is 5.07. The van der Waals surface area contributed by atoms with E-state index in [2.05, 4.69) is 4.72 Å². The van der Waals surface area contributed by atoms with Gasteiger partial charge in [0, 0.05) is 5.69 Å². The molecule has 0 aliphatic heterocycles. The van der Waals surface area contributed by atoms with Crippen LogP contribution >= 0.6 is 0 Å². The minimum absolute atomic E-state index is 0.126. The first-order valence-electron chi connectivity index (χ1n) is 6.44. The fourth-order valence-corrected chi connectivity index (χ4v) is 3.52. The highest BCUT2D eigenvalue weighted by atomic mass is 32.2. The lowest BCUT2D eigenvalue weighted by atomic mass is 10.1. The van der Waals surface area contributed by atoms with Gasteiger partial charge in [-0.1, -0.05) is 12.1 Å². The van der Waals surface area contributed by atoms with Gasteiger partial charge in [-0.25, -0.2) is 8.42 Å². The molecule has 4 nitrogen and oxygen atoms in total. The van der Waals surface area contributed by atoms with Crippen molar-refractivity contribution in [2.45, 2.75) is 25.7 Å². The van der Waals surface area contributed by atoms with Gasteiger partial charge < -0.3 is 0 Å². The van der Waals surface area contributed by atoms with Crippen LogP contribution in [-0.2, 0) is 10.0 Å². The Hall–Kier alpha value is -2.32. The van der Waals surface area contributed by atoms with Gasteiger partial charge in [-0.3, -0.25) is 4.72 Å². The summed E-state index contributed by atoms with van der Waals surface area (Å²) >= 11 is 0. The second-order valence-corrected chi connectivity index (χ2v) is 6.72. The van der Waals surface area contributed by atoms with Crippen LogP contribution < -0.4 is 4.72 Å². The molecule has 5 heteroatoms. The van der Waals surface area contributed by atoms with E-state index in [4.69, 9.17) is 5.26 Å². The number of hydrogen-bond donors (Lipinski definition) is 1. The predicted molar refractivity (Wildman–Crippen MR) is 82.6 cm³/mol. The number of aryl methyl sites for hydroxylation is 3. The van der Waals surface area contributed by atoms with Crippen LogP contribution in [0.4, 0.5) is 5.69 Å². The van der Waals surface area contributed by atoms with Gasteiger partial charge in [0.05, 0.1) is 16.5 Å². The van der Waals surface area contributed by atoms with Crippen molar-refractivity contribution >= 4 is 15.7 Å². The lowest BCUT2D eigenvalue weighted by Gasteiger charge is -2.12. The fourth-order valence-electron chi connectivity index (χ4n) is 2.20. The van der Waals surface area contributed by atoms with E-state index in [0.29, 0.717) is 16.8 Å². The monoisotopic (exact) mass is 300 g/mol. The molecule has 2 rings (SSSR count). The van der Waals surface area contributed by atoms with Crippen LogP contribution in [-0.4, -0.2) is 8.42 Å². The first kappa shape index (κ1) is 15.1. The molecule has 1 N–H and O–H groups in total. The Morgan fingerprint density at radius 2 is 1.62 bits per heavy atom. The highest BCUT2D eigenvalue weighted by Crippen LogP contribution is 2.22. The fraction of sp³-hybridized carbons (Fsp3) is 0.188. The number of anilines is 1. The standard InChI is InChI=1S/C16H16N2O2S/c1-11-6-12(2)8-15(7-11)18-21(19,20)16-9-14(10-17)5-4-13(16)3/h4-9,18H,1-3H3. The van der Waals surface area contributed by atoms with Gasteiger partial charge in [0.1, 0.15) is 0 Å². The highest BCUT2D eigenvalue weighted by Gasteiger charge is 2.17. The van der Waals surface area contributed by atoms with Gasteiger partial charge in [-0.2, -0.15) is 5.26 Å². The molecule has 0 heterocycles. The first-order valence-corrected chi connectivity index (χ1v) is 7.92. The molecule has 0 radical (unpaired) electrons. The number of nitrogens with zero attached hydrogens (tertiary/aromatic N) is 1. The van der Waals surface area contributed by atoms with Crippen molar-refractivity contribution in [3.05, 3.63) is 58.7 Å². The van der Waals surface area contributed by atoms with Crippen molar-refractivity contribution in [1.29, 1.82) is 5.26 Å². The Bertz CT molecular complexity index is 814. The maximum absolute atomic E-state index is 12.5. The molecule has 2 aromatic carbocycles. The Morgan fingerprint density at radius 3 is 2.19 bits per heavy atom. The second kappa shape index (κ2) is 5.58. The molecule has 0 bridgehead atoms. The zero-order valence-corrected chi connectivity index (χ0v) is 13.0. The quantitative estimate of drug-likeness (QED) is 0.945. The van der Waals surface area contributed by atoms with E-state index < -0.39 is 10.0 Å². The number of nitriles is 1. The zero-order chi connectivity index (χ0) is 15.6. The van der Waals surface area contributed by atoms with Crippen LogP contribution in [0, 0.1) is 32.1 Å². The van der Waals surface area contributed by atoms with E-state index in [9.17, 15) is 8.42 Å². The number of sulfonamides is 1. The Kier molecular flexibility index (Phi) is 4.01. The van der Waals surface area contributed by atoms with E-state index >= 15 is 0 Å². The number of rotatable bonds is 3. The average Bonchev–Trinajstić information content (AvgIpc) is 2.37. The van der Waals surface area contributed by atoms with Gasteiger partial charge in [-0.15, -0.1) is 0 Å². The van der Waals surface area contributed by atoms with Crippen LogP contribution in [0.5, 0.6) is 0 Å². The summed E-state index contributed by atoms with van der Waals surface area (Å²) in [7, 11) is -3.71. The van der Waals surface area contributed by atoms with Crippen LogP contribution in [0.2, 0.25) is 0 Å². The van der Waals surface area contributed by atoms with Crippen molar-refractivity contribution in [1.82, 2.24) is 0 Å². The molecule has 0 fully saturated rings. The maximum atomic E-state index is 12.5. The smallest absolute Gasteiger partial charge is 0.262 e. The third kappa shape index (κ3) is 3.41. The minimum atomic E-state index is -3.71. The largest absolute Gasteiger partial charge is 0.280 e. The highest BCUT2D eigenvalue weighted by molar-refractivity contribution is 7.92. The lowest BCUT2D eigenvalue weighted by Crippen LogP contribution is -2.14. The zero-order valence-electron chi connectivity index (χ0n) is 12.1. The van der Waals surface area contributed by atoms with Gasteiger partial charge in [0.2, 0.25) is 0 Å². The summed E-state index contributed by atoms with van der Waals surface area (Å²) in [6, 6.07) is 12.1. The normalized spacial score (nSPS) is 11.0. The molecule has 0 unspecified atom stereocenters. The van der Waals surface area contributed by atoms with Crippen molar-refractivity contribution in [2.75, 3.05) is 4.72 Å². The molecule has 0 aromatic heterocycles. The molecule has 21 heavy (non-hydrogen) atoms. The van der Waals surface area contributed by atoms with Crippen LogP contribution in [0.15, 0.2) is 41.3 Å². The number of benzene rings is 2. The molecule has 2 aromatic rings. The summed E-state index contributed by atoms with van der Waals surface area (Å²) in [5.41, 5.74) is 3.41. The van der Waals surface area contributed by atoms with E-state index in [0.717, 1.165) is 11.1 Å². The van der Waals surface area contributed by atoms with Crippen LogP contribution in [0.25, 0.3) is 0 Å². The lowest BCUT2D eigenvalue weighted by molar-refractivity contribution is 0.600. The van der Waals surface area contributed by atoms with Crippen molar-refractivity contribution in [3.63, 3.8) is 0 Å². The molecule has 0 aliphatic carbocycles. The molecule has 0 aliphatic rings. The molecule has 0 saturated heterocycles. The summed E-state index contributed by atoms with van der Waals surface area (Å²) < 4.78 is 27.6. The Labute approximate surface area is 125 Å². The Morgan fingerprint density at radius 1 is 1.00 bits per heavy atom. The SMILES string of the molecule is Cc1cc(C)cc(NS(=O)(=O)c2cc(C#N)ccc2C)c1. The first-order chi connectivity index (χ1) is 9.81. The van der Waals surface area contributed by atoms with Gasteiger partial charge >= 0.3 is 0 Å². The summed E-state index contributed by atoms with van der Waals surface area (Å²) in [5, 5.41) is 8.92. The van der Waals surface area contributed by atoms with Crippen molar-refractivity contribution in [3.8, 4) is 6.07 Å². The van der Waals surface area contributed by atoms with Gasteiger partial charge in [0.25, 0.3) is 10.0 Å². The molecule has 108 valence electrons. The third-order valence-corrected chi connectivity index (χ3v) is 4.60. The van der Waals surface area contributed by atoms with Gasteiger partial charge in [0.15, 0.2) is 0 Å². The predicted octanol–water partition coefficient (Wildman–Crippen LogP) is 3.28. The van der Waals surface area contributed by atoms with Crippen molar-refractivity contribution < 1.29 is 8.42 Å². The molecular weight excluding hydrogens is 284 g/mol. The Balaban J connectivity index is 2.45. The summed E-state index contributed by atoms with van der Waals surface area (Å²) in [5.74, 6) is 0. The minimum Gasteiger partial charge on any atom is -0.280 e. The molecule has 0 saturated carbocycles. The van der Waals surface area contributed by atoms with Gasteiger partial charge in [-0.05, 0) is 61.7 Å². The van der Waals surface area contributed by atoms with Crippen LogP contribution in [0.3, 0.4) is 0 Å². The molecule has 0 atom stereocenters. The van der Waals surface area contributed by atoms with E-state index in [-0.39, 0.29) is 4.90 Å².